The van der Waals surface area contributed by atoms with Crippen LogP contribution < -0.4 is 0 Å². The summed E-state index contributed by atoms with van der Waals surface area (Å²) in [6.07, 6.45) is 12.5. The van der Waals surface area contributed by atoms with Crippen LogP contribution in [0.5, 0.6) is 0 Å². The number of aliphatic hydroxyl groups is 2. The first-order valence-corrected chi connectivity index (χ1v) is 9.92. The Balaban J connectivity index is 3.53. The fourth-order valence-electron chi connectivity index (χ4n) is 2.59. The van der Waals surface area contributed by atoms with Crippen LogP contribution in [0.1, 0.15) is 84.5 Å². The average molecular weight is 362 g/mol. The molecule has 0 aromatic carbocycles. The number of rotatable bonds is 18. The van der Waals surface area contributed by atoms with Crippen LogP contribution in [0.3, 0.4) is 0 Å². The number of amides is 1. The standard InChI is InChI=1S/C19H39NO5/c1-18(2)12-10-8-6-4-3-5-7-9-11-13-19(23)20(24-16-14-21)25-17-15-22/h18,21-22H,3-17H2,1-2H3. The molecule has 0 aliphatic carbocycles. The van der Waals surface area contributed by atoms with Crippen molar-refractivity contribution >= 4 is 5.91 Å². The van der Waals surface area contributed by atoms with Gasteiger partial charge >= 0.3 is 0 Å². The molecule has 0 aliphatic heterocycles. The Hall–Kier alpha value is -0.690. The number of hydrogen-bond donors (Lipinski definition) is 2. The number of carbonyl (C=O) groups is 1. The van der Waals surface area contributed by atoms with E-state index in [2.05, 4.69) is 13.8 Å². The topological polar surface area (TPSA) is 79.2 Å². The maximum Gasteiger partial charge on any atom is 0.273 e. The number of hydroxylamine groups is 2. The second-order valence-electron chi connectivity index (χ2n) is 6.88. The largest absolute Gasteiger partial charge is 0.394 e. The predicted octanol–water partition coefficient (Wildman–Crippen LogP) is 3.61. The van der Waals surface area contributed by atoms with E-state index in [1.54, 1.807) is 0 Å². The van der Waals surface area contributed by atoms with Gasteiger partial charge in [0.1, 0.15) is 13.2 Å². The highest BCUT2D eigenvalue weighted by molar-refractivity contribution is 5.73. The molecular formula is C19H39NO5. The summed E-state index contributed by atoms with van der Waals surface area (Å²) >= 11 is 0. The van der Waals surface area contributed by atoms with E-state index < -0.39 is 0 Å². The lowest BCUT2D eigenvalue weighted by molar-refractivity contribution is -0.345. The van der Waals surface area contributed by atoms with Gasteiger partial charge in [-0.25, -0.2) is 9.68 Å². The van der Waals surface area contributed by atoms with Crippen molar-refractivity contribution in [3.63, 3.8) is 0 Å². The minimum Gasteiger partial charge on any atom is -0.394 e. The Labute approximate surface area is 153 Å². The van der Waals surface area contributed by atoms with Gasteiger partial charge in [-0.2, -0.15) is 0 Å². The molecule has 0 rings (SSSR count). The molecule has 6 nitrogen and oxygen atoms in total. The maximum absolute atomic E-state index is 12.0. The van der Waals surface area contributed by atoms with Crippen molar-refractivity contribution in [2.24, 2.45) is 5.92 Å². The van der Waals surface area contributed by atoms with Crippen LogP contribution in [0.2, 0.25) is 0 Å². The molecule has 0 spiro atoms. The quantitative estimate of drug-likeness (QED) is 0.288. The summed E-state index contributed by atoms with van der Waals surface area (Å²) in [5.74, 6) is 0.550. The molecule has 0 radical (unpaired) electrons. The van der Waals surface area contributed by atoms with Crippen LogP contribution in [0.15, 0.2) is 0 Å². The third-order valence-corrected chi connectivity index (χ3v) is 3.98. The zero-order chi connectivity index (χ0) is 18.8. The first-order valence-electron chi connectivity index (χ1n) is 9.92. The van der Waals surface area contributed by atoms with Crippen LogP contribution in [0.4, 0.5) is 0 Å². The van der Waals surface area contributed by atoms with Crippen LogP contribution >= 0.6 is 0 Å². The number of carbonyl (C=O) groups excluding carboxylic acids is 1. The lowest BCUT2D eigenvalue weighted by Crippen LogP contribution is -2.33. The van der Waals surface area contributed by atoms with Crippen molar-refractivity contribution in [2.45, 2.75) is 84.5 Å². The molecule has 25 heavy (non-hydrogen) atoms. The van der Waals surface area contributed by atoms with Crippen LogP contribution in [-0.4, -0.2) is 47.8 Å². The van der Waals surface area contributed by atoms with Crippen molar-refractivity contribution < 1.29 is 24.7 Å². The highest BCUT2D eigenvalue weighted by atomic mass is 17.0. The van der Waals surface area contributed by atoms with Crippen LogP contribution in [0.25, 0.3) is 0 Å². The van der Waals surface area contributed by atoms with Crippen LogP contribution in [0, 0.1) is 5.92 Å². The Morgan fingerprint density at radius 2 is 1.24 bits per heavy atom. The predicted molar refractivity (Wildman–Crippen MR) is 98.5 cm³/mol. The molecule has 1 amide bonds. The van der Waals surface area contributed by atoms with E-state index >= 15 is 0 Å². The van der Waals surface area contributed by atoms with Gasteiger partial charge in [0.2, 0.25) is 0 Å². The fraction of sp³-hybridized carbons (Fsp3) is 0.947. The van der Waals surface area contributed by atoms with Crippen molar-refractivity contribution in [1.29, 1.82) is 0 Å². The van der Waals surface area contributed by atoms with Crippen molar-refractivity contribution in [2.75, 3.05) is 26.4 Å². The van der Waals surface area contributed by atoms with Gasteiger partial charge in [0, 0.05) is 6.42 Å². The van der Waals surface area contributed by atoms with Gasteiger partial charge in [0.15, 0.2) is 0 Å². The van der Waals surface area contributed by atoms with Gasteiger partial charge in [-0.15, -0.1) is 0 Å². The van der Waals surface area contributed by atoms with E-state index in [0.717, 1.165) is 30.4 Å². The van der Waals surface area contributed by atoms with Crippen LogP contribution in [-0.2, 0) is 14.5 Å². The molecule has 0 bridgehead atoms. The molecule has 6 heteroatoms. The Morgan fingerprint density at radius 3 is 1.68 bits per heavy atom. The molecule has 150 valence electrons. The van der Waals surface area contributed by atoms with Crippen molar-refractivity contribution in [3.8, 4) is 0 Å². The number of nitrogens with zero attached hydrogens (tertiary/aromatic N) is 1. The normalized spacial score (nSPS) is 11.2. The minimum atomic E-state index is -0.271. The molecule has 0 aromatic heterocycles. The average Bonchev–Trinajstić information content (AvgIpc) is 2.59. The third-order valence-electron chi connectivity index (χ3n) is 3.98. The molecule has 0 fully saturated rings. The molecule has 0 atom stereocenters. The monoisotopic (exact) mass is 361 g/mol. The minimum absolute atomic E-state index is 0.00562. The summed E-state index contributed by atoms with van der Waals surface area (Å²) in [5.41, 5.74) is 0. The summed E-state index contributed by atoms with van der Waals surface area (Å²) in [4.78, 5) is 22.0. The van der Waals surface area contributed by atoms with Gasteiger partial charge in [0.25, 0.3) is 5.91 Å². The summed E-state index contributed by atoms with van der Waals surface area (Å²) in [5, 5.41) is 18.3. The molecule has 0 saturated heterocycles. The molecule has 0 aliphatic rings. The summed E-state index contributed by atoms with van der Waals surface area (Å²) in [6.45, 7) is 4.17. The van der Waals surface area contributed by atoms with Gasteiger partial charge < -0.3 is 10.2 Å². The third kappa shape index (κ3) is 16.5. The molecule has 0 heterocycles. The van der Waals surface area contributed by atoms with Crippen molar-refractivity contribution in [1.82, 2.24) is 5.23 Å². The lowest BCUT2D eigenvalue weighted by atomic mass is 10.0. The first-order chi connectivity index (χ1) is 12.1. The van der Waals surface area contributed by atoms with E-state index in [1.165, 1.54) is 44.9 Å². The van der Waals surface area contributed by atoms with E-state index in [9.17, 15) is 4.79 Å². The summed E-state index contributed by atoms with van der Waals surface area (Å²) < 4.78 is 0. The molecule has 0 aromatic rings. The van der Waals surface area contributed by atoms with E-state index in [-0.39, 0.29) is 32.3 Å². The SMILES string of the molecule is CC(C)CCCCCCCCCCCC(=O)N(OCCO)OCCO. The van der Waals surface area contributed by atoms with E-state index in [4.69, 9.17) is 19.9 Å². The van der Waals surface area contributed by atoms with Gasteiger partial charge in [-0.1, -0.05) is 76.9 Å². The number of unbranched alkanes of at least 4 members (excludes halogenated alkanes) is 8. The van der Waals surface area contributed by atoms with Gasteiger partial charge in [-0.05, 0) is 12.3 Å². The first kappa shape index (κ1) is 24.3. The Kier molecular flexibility index (Phi) is 17.6. The highest BCUT2D eigenvalue weighted by Gasteiger charge is 2.15. The van der Waals surface area contributed by atoms with E-state index in [0.29, 0.717) is 6.42 Å². The zero-order valence-electron chi connectivity index (χ0n) is 16.3. The second kappa shape index (κ2) is 18.1. The summed E-state index contributed by atoms with van der Waals surface area (Å²) in [6, 6.07) is 0. The highest BCUT2D eigenvalue weighted by Crippen LogP contribution is 2.13. The molecule has 0 unspecified atom stereocenters. The molecular weight excluding hydrogens is 322 g/mol. The van der Waals surface area contributed by atoms with Crippen molar-refractivity contribution in [3.05, 3.63) is 0 Å². The number of hydrogen-bond acceptors (Lipinski definition) is 5. The zero-order valence-corrected chi connectivity index (χ0v) is 16.3. The maximum atomic E-state index is 12.0. The smallest absolute Gasteiger partial charge is 0.273 e. The Morgan fingerprint density at radius 1 is 0.800 bits per heavy atom. The van der Waals surface area contributed by atoms with Gasteiger partial charge in [-0.3, -0.25) is 4.79 Å². The second-order valence-corrected chi connectivity index (χ2v) is 6.88. The fourth-order valence-corrected chi connectivity index (χ4v) is 2.59. The van der Waals surface area contributed by atoms with Gasteiger partial charge in [0.05, 0.1) is 13.2 Å². The summed E-state index contributed by atoms with van der Waals surface area (Å²) in [7, 11) is 0. The molecule has 0 saturated carbocycles. The van der Waals surface area contributed by atoms with E-state index in [1.807, 2.05) is 0 Å². The number of aliphatic hydroxyl groups excluding tert-OH is 2. The Bertz CT molecular complexity index is 292. The molecule has 2 N–H and O–H groups in total. The lowest BCUT2D eigenvalue weighted by Gasteiger charge is -2.19.